The Balaban J connectivity index is 1.41. The summed E-state index contributed by atoms with van der Waals surface area (Å²) in [7, 11) is 1.68. The van der Waals surface area contributed by atoms with E-state index in [9.17, 15) is 22.8 Å². The Morgan fingerprint density at radius 1 is 0.925 bits per heavy atom. The number of aromatic nitrogens is 1. The summed E-state index contributed by atoms with van der Waals surface area (Å²) < 4.78 is 40.4. The largest absolute Gasteiger partial charge is 0.416 e. The number of hydrogen-bond donors (Lipinski definition) is 2. The molecule has 3 aromatic carbocycles. The maximum atomic E-state index is 13.1. The van der Waals surface area contributed by atoms with E-state index in [-0.39, 0.29) is 18.0 Å². The first-order valence-electron chi connectivity index (χ1n) is 12.6. The van der Waals surface area contributed by atoms with Crippen molar-refractivity contribution in [1.29, 1.82) is 0 Å². The van der Waals surface area contributed by atoms with Gasteiger partial charge in [-0.05, 0) is 59.0 Å². The topological polar surface area (TPSA) is 63.1 Å². The van der Waals surface area contributed by atoms with Crippen molar-refractivity contribution < 1.29 is 22.8 Å². The molecule has 0 aliphatic rings. The van der Waals surface area contributed by atoms with Crippen LogP contribution in [0, 0.1) is 11.8 Å². The Kier molecular flexibility index (Phi) is 8.44. The lowest BCUT2D eigenvalue weighted by molar-refractivity contribution is -0.137. The van der Waals surface area contributed by atoms with Gasteiger partial charge in [0, 0.05) is 24.4 Å². The molecule has 204 valence electrons. The number of carbonyl (C=O) groups excluding carboxylic acids is 2. The minimum absolute atomic E-state index is 0.151. The predicted octanol–water partition coefficient (Wildman–Crippen LogP) is 6.87. The Morgan fingerprint density at radius 2 is 1.60 bits per heavy atom. The molecule has 4 aromatic rings. The van der Waals surface area contributed by atoms with Crippen molar-refractivity contribution in [3.05, 3.63) is 113 Å². The van der Waals surface area contributed by atoms with Crippen LogP contribution < -0.4 is 10.6 Å². The van der Waals surface area contributed by atoms with E-state index in [4.69, 9.17) is 0 Å². The van der Waals surface area contributed by atoms with E-state index < -0.39 is 17.6 Å². The summed E-state index contributed by atoms with van der Waals surface area (Å²) in [5, 5.41) is 5.53. The van der Waals surface area contributed by atoms with Crippen molar-refractivity contribution in [2.75, 3.05) is 11.9 Å². The molecule has 0 saturated heterocycles. The maximum Gasteiger partial charge on any atom is 0.416 e. The number of aryl methyl sites for hydroxylation is 1. The van der Waals surface area contributed by atoms with E-state index in [0.29, 0.717) is 28.4 Å². The van der Waals surface area contributed by atoms with Gasteiger partial charge in [0.15, 0.2) is 0 Å². The van der Waals surface area contributed by atoms with Crippen molar-refractivity contribution in [2.45, 2.75) is 25.9 Å². The highest BCUT2D eigenvalue weighted by atomic mass is 19.4. The van der Waals surface area contributed by atoms with Crippen molar-refractivity contribution >= 4 is 17.5 Å². The number of hydrogen-bond acceptors (Lipinski definition) is 2. The molecule has 5 nitrogen and oxygen atoms in total. The zero-order valence-corrected chi connectivity index (χ0v) is 22.3. The second-order valence-corrected chi connectivity index (χ2v) is 9.56. The van der Waals surface area contributed by atoms with E-state index >= 15 is 0 Å². The summed E-state index contributed by atoms with van der Waals surface area (Å²) in [5.74, 6) is 5.60. The van der Waals surface area contributed by atoms with Crippen LogP contribution in [0.25, 0.3) is 11.1 Å². The highest BCUT2D eigenvalue weighted by molar-refractivity contribution is 6.09. The van der Waals surface area contributed by atoms with Crippen LogP contribution in [-0.4, -0.2) is 22.9 Å². The number of nitrogens with one attached hydrogen (secondary N) is 2. The summed E-state index contributed by atoms with van der Waals surface area (Å²) >= 11 is 0. The molecule has 0 saturated carbocycles. The molecular weight excluding hydrogens is 515 g/mol. The first-order valence-corrected chi connectivity index (χ1v) is 12.6. The molecule has 0 radical (unpaired) electrons. The van der Waals surface area contributed by atoms with Gasteiger partial charge in [-0.15, -0.1) is 0 Å². The molecule has 8 heteroatoms. The highest BCUT2D eigenvalue weighted by Crippen LogP contribution is 2.32. The molecule has 0 spiro atoms. The lowest BCUT2D eigenvalue weighted by atomic mass is 9.98. The van der Waals surface area contributed by atoms with Crippen molar-refractivity contribution in [1.82, 2.24) is 9.88 Å². The van der Waals surface area contributed by atoms with Crippen LogP contribution in [-0.2, 0) is 13.2 Å². The quantitative estimate of drug-likeness (QED) is 0.261. The minimum Gasteiger partial charge on any atom is -0.344 e. The van der Waals surface area contributed by atoms with E-state index in [1.165, 1.54) is 17.7 Å². The third-order valence-electron chi connectivity index (χ3n) is 6.34. The number of alkyl halides is 3. The van der Waals surface area contributed by atoms with Gasteiger partial charge in [0.1, 0.15) is 5.69 Å². The van der Waals surface area contributed by atoms with Crippen LogP contribution in [0.3, 0.4) is 0 Å². The standard InChI is InChI=1S/C32H28F3N3O2/c1-21(2)23-12-10-22(11-13-23)7-6-18-36-31(40)29-19-26(20-38(29)3)37-30(39)28-9-5-4-8-27(28)24-14-16-25(17-15-24)32(33,34)35/h4-5,8-17,19-21H,18H2,1-3H3,(H,36,40)(H,37,39). The number of carbonyl (C=O) groups is 2. The summed E-state index contributed by atoms with van der Waals surface area (Å²) in [4.78, 5) is 25.8. The molecule has 1 aromatic heterocycles. The number of nitrogens with zero attached hydrogens (tertiary/aromatic N) is 1. The fraction of sp³-hybridized carbons (Fsp3) is 0.188. The lowest BCUT2D eigenvalue weighted by Gasteiger charge is -2.11. The number of halogens is 3. The van der Waals surface area contributed by atoms with Gasteiger partial charge in [0.05, 0.1) is 17.8 Å². The molecule has 2 N–H and O–H groups in total. The van der Waals surface area contributed by atoms with Gasteiger partial charge in [-0.2, -0.15) is 13.2 Å². The van der Waals surface area contributed by atoms with Gasteiger partial charge < -0.3 is 15.2 Å². The van der Waals surface area contributed by atoms with Crippen LogP contribution in [0.15, 0.2) is 85.1 Å². The summed E-state index contributed by atoms with van der Waals surface area (Å²) in [6, 6.07) is 20.8. The Hall–Kier alpha value is -4.77. The summed E-state index contributed by atoms with van der Waals surface area (Å²) in [6.45, 7) is 4.40. The monoisotopic (exact) mass is 543 g/mol. The molecule has 0 fully saturated rings. The van der Waals surface area contributed by atoms with Gasteiger partial charge >= 0.3 is 6.18 Å². The molecule has 0 atom stereocenters. The Bertz CT molecular complexity index is 1570. The third-order valence-corrected chi connectivity index (χ3v) is 6.34. The SMILES string of the molecule is CC(C)c1ccc(C#CCNC(=O)c2cc(NC(=O)c3ccccc3-c3ccc(C(F)(F)F)cc3)cn2C)cc1. The fourth-order valence-electron chi connectivity index (χ4n) is 4.14. The van der Waals surface area contributed by atoms with Crippen LogP contribution >= 0.6 is 0 Å². The van der Waals surface area contributed by atoms with Gasteiger partial charge in [0.25, 0.3) is 11.8 Å². The first-order chi connectivity index (χ1) is 19.0. The van der Waals surface area contributed by atoms with E-state index in [0.717, 1.165) is 17.7 Å². The average Bonchev–Trinajstić information content (AvgIpc) is 3.30. The molecule has 1 heterocycles. The van der Waals surface area contributed by atoms with Gasteiger partial charge in [-0.3, -0.25) is 9.59 Å². The van der Waals surface area contributed by atoms with E-state index in [2.05, 4.69) is 36.3 Å². The fourth-order valence-corrected chi connectivity index (χ4v) is 4.14. The molecule has 0 unspecified atom stereocenters. The Morgan fingerprint density at radius 3 is 2.25 bits per heavy atom. The van der Waals surface area contributed by atoms with Crippen LogP contribution in [0.4, 0.5) is 18.9 Å². The minimum atomic E-state index is -4.45. The predicted molar refractivity (Wildman–Crippen MR) is 150 cm³/mol. The number of rotatable bonds is 6. The smallest absolute Gasteiger partial charge is 0.344 e. The van der Waals surface area contributed by atoms with Gasteiger partial charge in [-0.1, -0.05) is 68.2 Å². The molecule has 2 amide bonds. The van der Waals surface area contributed by atoms with E-state index in [1.807, 2.05) is 24.3 Å². The van der Waals surface area contributed by atoms with Crippen LogP contribution in [0.5, 0.6) is 0 Å². The van der Waals surface area contributed by atoms with Crippen molar-refractivity contribution in [3.8, 4) is 23.0 Å². The maximum absolute atomic E-state index is 13.1. The molecular formula is C32H28F3N3O2. The van der Waals surface area contributed by atoms with Crippen LogP contribution in [0.1, 0.15) is 57.3 Å². The molecule has 0 aliphatic heterocycles. The van der Waals surface area contributed by atoms with Gasteiger partial charge in [0.2, 0.25) is 0 Å². The second-order valence-electron chi connectivity index (χ2n) is 9.56. The van der Waals surface area contributed by atoms with Crippen molar-refractivity contribution in [2.24, 2.45) is 7.05 Å². The van der Waals surface area contributed by atoms with Crippen molar-refractivity contribution in [3.63, 3.8) is 0 Å². The number of benzene rings is 3. The lowest BCUT2D eigenvalue weighted by Crippen LogP contribution is -2.25. The molecule has 40 heavy (non-hydrogen) atoms. The van der Waals surface area contributed by atoms with Crippen LogP contribution in [0.2, 0.25) is 0 Å². The highest BCUT2D eigenvalue weighted by Gasteiger charge is 2.30. The third kappa shape index (κ3) is 6.80. The normalized spacial score (nSPS) is 11.1. The Labute approximate surface area is 231 Å². The van der Waals surface area contributed by atoms with E-state index in [1.54, 1.807) is 48.1 Å². The zero-order valence-electron chi connectivity index (χ0n) is 22.3. The average molecular weight is 544 g/mol. The molecule has 4 rings (SSSR count). The molecule has 0 bridgehead atoms. The first kappa shape index (κ1) is 28.2. The zero-order chi connectivity index (χ0) is 28.9. The summed E-state index contributed by atoms with van der Waals surface area (Å²) in [5.41, 5.74) is 3.30. The summed E-state index contributed by atoms with van der Waals surface area (Å²) in [6.07, 6.45) is -2.84. The second kappa shape index (κ2) is 12.0. The molecule has 0 aliphatic carbocycles. The number of amides is 2. The number of anilines is 1. The van der Waals surface area contributed by atoms with Gasteiger partial charge in [-0.25, -0.2) is 0 Å².